The molecule has 0 aromatic heterocycles. The highest BCUT2D eigenvalue weighted by atomic mass is 16.6. The summed E-state index contributed by atoms with van der Waals surface area (Å²) in [5.74, 6) is 0.317. The van der Waals surface area contributed by atoms with Crippen LogP contribution in [0.3, 0.4) is 0 Å². The largest absolute Gasteiger partial charge is 0.476 e. The lowest BCUT2D eigenvalue weighted by Gasteiger charge is -2.10. The van der Waals surface area contributed by atoms with Crippen LogP contribution in [0.25, 0.3) is 6.08 Å². The monoisotopic (exact) mass is 379 g/mol. The predicted molar refractivity (Wildman–Crippen MR) is 108 cm³/mol. The average Bonchev–Trinajstić information content (AvgIpc) is 2.98. The second kappa shape index (κ2) is 8.04. The molecule has 3 rings (SSSR count). The van der Waals surface area contributed by atoms with Crippen LogP contribution in [0.4, 0.5) is 11.4 Å². The molecule has 2 aromatic rings. The molecule has 0 aliphatic carbocycles. The van der Waals surface area contributed by atoms with Crippen molar-refractivity contribution < 1.29 is 14.5 Å². The summed E-state index contributed by atoms with van der Waals surface area (Å²) in [6.45, 7) is 6.42. The van der Waals surface area contributed by atoms with Gasteiger partial charge in [0.2, 0.25) is 5.90 Å². The van der Waals surface area contributed by atoms with Gasteiger partial charge in [-0.05, 0) is 42.2 Å². The standard InChI is InChI=1S/C21H21N3O4/c1-4-28-20-19(13-15-5-7-16(8-6-15)14(2)3)21(25)23(22-20)17-9-11-18(12-10-17)24(26)27/h5-14H,4H2,1-3H3. The highest BCUT2D eigenvalue weighted by Crippen LogP contribution is 2.27. The van der Waals surface area contributed by atoms with E-state index in [0.717, 1.165) is 5.56 Å². The number of carbonyl (C=O) groups is 1. The number of hydrazone groups is 1. The lowest BCUT2D eigenvalue weighted by atomic mass is 10.0. The van der Waals surface area contributed by atoms with E-state index in [1.54, 1.807) is 6.08 Å². The summed E-state index contributed by atoms with van der Waals surface area (Å²) in [5.41, 5.74) is 2.81. The van der Waals surface area contributed by atoms with Crippen LogP contribution in [-0.2, 0) is 9.53 Å². The summed E-state index contributed by atoms with van der Waals surface area (Å²) < 4.78 is 5.54. The number of carbonyl (C=O) groups excluding carboxylic acids is 1. The number of non-ortho nitro benzene ring substituents is 1. The summed E-state index contributed by atoms with van der Waals surface area (Å²) in [6.07, 6.45) is 1.74. The zero-order valence-corrected chi connectivity index (χ0v) is 16.0. The number of nitro benzene ring substituents is 1. The van der Waals surface area contributed by atoms with Crippen molar-refractivity contribution in [2.24, 2.45) is 5.10 Å². The van der Waals surface area contributed by atoms with Gasteiger partial charge in [-0.15, -0.1) is 5.10 Å². The number of amides is 1. The van der Waals surface area contributed by atoms with Crippen molar-refractivity contribution >= 4 is 29.3 Å². The van der Waals surface area contributed by atoms with Gasteiger partial charge in [-0.25, -0.2) is 0 Å². The molecule has 0 spiro atoms. The summed E-state index contributed by atoms with van der Waals surface area (Å²) in [5, 5.41) is 16.3. The number of ether oxygens (including phenoxy) is 1. The molecule has 0 unspecified atom stereocenters. The quantitative estimate of drug-likeness (QED) is 0.435. The molecule has 7 nitrogen and oxygen atoms in total. The smallest absolute Gasteiger partial charge is 0.284 e. The third-order valence-electron chi connectivity index (χ3n) is 4.34. The van der Waals surface area contributed by atoms with Gasteiger partial charge in [0.1, 0.15) is 5.57 Å². The Morgan fingerprint density at radius 3 is 2.32 bits per heavy atom. The Labute approximate surface area is 163 Å². The second-order valence-corrected chi connectivity index (χ2v) is 6.61. The normalized spacial score (nSPS) is 15.3. The highest BCUT2D eigenvalue weighted by Gasteiger charge is 2.32. The van der Waals surface area contributed by atoms with Crippen LogP contribution < -0.4 is 5.01 Å². The molecule has 0 fully saturated rings. The fourth-order valence-electron chi connectivity index (χ4n) is 2.80. The molecule has 0 radical (unpaired) electrons. The van der Waals surface area contributed by atoms with Gasteiger partial charge in [-0.2, -0.15) is 5.01 Å². The van der Waals surface area contributed by atoms with E-state index >= 15 is 0 Å². The van der Waals surface area contributed by atoms with E-state index in [1.165, 1.54) is 34.8 Å². The molecule has 7 heteroatoms. The first kappa shape index (κ1) is 19.3. The zero-order chi connectivity index (χ0) is 20.3. The topological polar surface area (TPSA) is 85.0 Å². The van der Waals surface area contributed by atoms with E-state index in [-0.39, 0.29) is 17.5 Å². The summed E-state index contributed by atoms with van der Waals surface area (Å²) in [4.78, 5) is 23.3. The Morgan fingerprint density at radius 2 is 1.79 bits per heavy atom. The molecule has 2 aromatic carbocycles. The Kier molecular flexibility index (Phi) is 5.54. The number of nitro groups is 1. The highest BCUT2D eigenvalue weighted by molar-refractivity contribution is 6.30. The second-order valence-electron chi connectivity index (χ2n) is 6.61. The van der Waals surface area contributed by atoms with Gasteiger partial charge in [0.25, 0.3) is 11.6 Å². The average molecular weight is 379 g/mol. The van der Waals surface area contributed by atoms with Gasteiger partial charge in [0.15, 0.2) is 0 Å². The molecular formula is C21H21N3O4. The Balaban J connectivity index is 1.92. The first-order valence-electron chi connectivity index (χ1n) is 9.03. The minimum Gasteiger partial charge on any atom is -0.476 e. The lowest BCUT2D eigenvalue weighted by molar-refractivity contribution is -0.384. The molecule has 0 saturated heterocycles. The lowest BCUT2D eigenvalue weighted by Crippen LogP contribution is -2.21. The number of nitrogens with zero attached hydrogens (tertiary/aromatic N) is 3. The molecule has 1 amide bonds. The number of rotatable bonds is 5. The molecule has 0 saturated carbocycles. The Bertz CT molecular complexity index is 945. The maximum absolute atomic E-state index is 12.9. The van der Waals surface area contributed by atoms with Crippen molar-refractivity contribution in [2.45, 2.75) is 26.7 Å². The Hall–Kier alpha value is -3.48. The number of hydrogen-bond donors (Lipinski definition) is 0. The van der Waals surface area contributed by atoms with Gasteiger partial charge in [-0.1, -0.05) is 38.1 Å². The van der Waals surface area contributed by atoms with Crippen LogP contribution >= 0.6 is 0 Å². The molecule has 0 bridgehead atoms. The maximum Gasteiger partial charge on any atom is 0.284 e. The van der Waals surface area contributed by atoms with Crippen LogP contribution in [0.5, 0.6) is 0 Å². The van der Waals surface area contributed by atoms with Crippen molar-refractivity contribution in [3.63, 3.8) is 0 Å². The van der Waals surface area contributed by atoms with Crippen molar-refractivity contribution in [1.82, 2.24) is 0 Å². The molecule has 0 atom stereocenters. The zero-order valence-electron chi connectivity index (χ0n) is 16.0. The molecule has 1 heterocycles. The summed E-state index contributed by atoms with van der Waals surface area (Å²) >= 11 is 0. The first-order chi connectivity index (χ1) is 13.4. The van der Waals surface area contributed by atoms with Gasteiger partial charge in [-0.3, -0.25) is 14.9 Å². The Morgan fingerprint density at radius 1 is 1.14 bits per heavy atom. The van der Waals surface area contributed by atoms with Crippen LogP contribution in [0.1, 0.15) is 37.8 Å². The number of anilines is 1. The molecular weight excluding hydrogens is 358 g/mol. The van der Waals surface area contributed by atoms with Crippen molar-refractivity contribution in [3.05, 3.63) is 75.3 Å². The first-order valence-corrected chi connectivity index (χ1v) is 9.03. The van der Waals surface area contributed by atoms with E-state index in [2.05, 4.69) is 18.9 Å². The predicted octanol–water partition coefficient (Wildman–Crippen LogP) is 4.50. The minimum atomic E-state index is -0.489. The van der Waals surface area contributed by atoms with Crippen LogP contribution in [0, 0.1) is 10.1 Å². The van der Waals surface area contributed by atoms with E-state index in [1.807, 2.05) is 31.2 Å². The van der Waals surface area contributed by atoms with Crippen LogP contribution in [0.15, 0.2) is 59.2 Å². The third-order valence-corrected chi connectivity index (χ3v) is 4.34. The SMILES string of the molecule is CCOC1=NN(c2ccc([N+](=O)[O-])cc2)C(=O)C1=Cc1ccc(C(C)C)cc1. The molecule has 144 valence electrons. The van der Waals surface area contributed by atoms with Crippen LogP contribution in [-0.4, -0.2) is 23.3 Å². The molecule has 0 N–H and O–H groups in total. The fraction of sp³-hybridized carbons (Fsp3) is 0.238. The maximum atomic E-state index is 12.9. The number of hydrogen-bond acceptors (Lipinski definition) is 5. The minimum absolute atomic E-state index is 0.0505. The third kappa shape index (κ3) is 3.93. The van der Waals surface area contributed by atoms with Gasteiger partial charge in [0.05, 0.1) is 17.2 Å². The summed E-state index contributed by atoms with van der Waals surface area (Å²) in [6, 6.07) is 13.6. The van der Waals surface area contributed by atoms with E-state index in [4.69, 9.17) is 4.74 Å². The molecule has 1 aliphatic rings. The van der Waals surface area contributed by atoms with Crippen molar-refractivity contribution in [2.75, 3.05) is 11.6 Å². The van der Waals surface area contributed by atoms with Crippen molar-refractivity contribution in [3.8, 4) is 0 Å². The van der Waals surface area contributed by atoms with Gasteiger partial charge in [0, 0.05) is 12.1 Å². The van der Waals surface area contributed by atoms with E-state index in [9.17, 15) is 14.9 Å². The van der Waals surface area contributed by atoms with Gasteiger partial charge >= 0.3 is 0 Å². The van der Waals surface area contributed by atoms with Crippen molar-refractivity contribution in [1.29, 1.82) is 0 Å². The van der Waals surface area contributed by atoms with Crippen LogP contribution in [0.2, 0.25) is 0 Å². The van der Waals surface area contributed by atoms with E-state index < -0.39 is 4.92 Å². The van der Waals surface area contributed by atoms with Gasteiger partial charge < -0.3 is 4.74 Å². The fourth-order valence-corrected chi connectivity index (χ4v) is 2.80. The molecule has 28 heavy (non-hydrogen) atoms. The summed E-state index contributed by atoms with van der Waals surface area (Å²) in [7, 11) is 0. The molecule has 1 aliphatic heterocycles. The number of benzene rings is 2. The van der Waals surface area contributed by atoms with E-state index in [0.29, 0.717) is 23.8 Å².